The van der Waals surface area contributed by atoms with Crippen LogP contribution in [0.25, 0.3) is 0 Å². The Labute approximate surface area is 169 Å². The molecule has 154 valence electrons. The highest BCUT2D eigenvalue weighted by molar-refractivity contribution is 6.12. The molecule has 1 aromatic carbocycles. The molecule has 4 atom stereocenters. The van der Waals surface area contributed by atoms with Crippen molar-refractivity contribution in [3.63, 3.8) is 0 Å². The van der Waals surface area contributed by atoms with E-state index in [1.165, 1.54) is 0 Å². The molecule has 3 aliphatic rings. The molecule has 3 amide bonds. The van der Waals surface area contributed by atoms with E-state index in [4.69, 9.17) is 5.73 Å². The van der Waals surface area contributed by atoms with E-state index < -0.39 is 46.5 Å². The van der Waals surface area contributed by atoms with Crippen LogP contribution in [-0.2, 0) is 24.6 Å². The number of fused-ring (bicyclic) bond motifs is 1. The molecule has 1 aromatic rings. The zero-order valence-electron chi connectivity index (χ0n) is 16.3. The second kappa shape index (κ2) is 6.97. The predicted molar refractivity (Wildman–Crippen MR) is 103 cm³/mol. The Balaban J connectivity index is 1.96. The number of hydrogen-bond acceptors (Lipinski definition) is 4. The minimum absolute atomic E-state index is 0.0699. The van der Waals surface area contributed by atoms with Crippen LogP contribution in [0.5, 0.6) is 0 Å². The molecule has 2 aliphatic carbocycles. The molecule has 0 spiro atoms. The number of carboxylic acids is 1. The summed E-state index contributed by atoms with van der Waals surface area (Å²) in [5.41, 5.74) is 2.65. The van der Waals surface area contributed by atoms with Crippen molar-refractivity contribution in [1.82, 2.24) is 4.90 Å². The van der Waals surface area contributed by atoms with Gasteiger partial charge in [-0.05, 0) is 31.2 Å². The molecule has 3 fully saturated rings. The summed E-state index contributed by atoms with van der Waals surface area (Å²) in [5.74, 6) is -3.95. The number of carbonyl (C=O) groups excluding carboxylic acids is 3. The van der Waals surface area contributed by atoms with Gasteiger partial charge in [-0.15, -0.1) is 0 Å². The summed E-state index contributed by atoms with van der Waals surface area (Å²) in [6, 6.07) is 8.46. The largest absolute Gasteiger partial charge is 0.480 e. The first kappa shape index (κ1) is 19.6. The number of primary amides is 1. The van der Waals surface area contributed by atoms with Crippen LogP contribution in [0.2, 0.25) is 0 Å². The summed E-state index contributed by atoms with van der Waals surface area (Å²) in [5, 5.41) is 10.5. The number of nitrogens with zero attached hydrogens (tertiary/aromatic N) is 1. The van der Waals surface area contributed by atoms with E-state index in [1.54, 1.807) is 30.3 Å². The summed E-state index contributed by atoms with van der Waals surface area (Å²) < 4.78 is 0. The molecule has 7 nitrogen and oxygen atoms in total. The lowest BCUT2D eigenvalue weighted by molar-refractivity contribution is -0.170. The van der Waals surface area contributed by atoms with Crippen LogP contribution < -0.4 is 5.73 Å². The Hall–Kier alpha value is -2.70. The van der Waals surface area contributed by atoms with Crippen LogP contribution in [0.4, 0.5) is 0 Å². The van der Waals surface area contributed by atoms with Crippen LogP contribution in [0.3, 0.4) is 0 Å². The molecule has 1 aliphatic heterocycles. The number of carboxylic acid groups (broad SMARTS) is 1. The number of nitrogens with two attached hydrogens (primary N) is 1. The Morgan fingerprint density at radius 2 is 1.48 bits per heavy atom. The molecule has 29 heavy (non-hydrogen) atoms. The zero-order chi connectivity index (χ0) is 20.8. The summed E-state index contributed by atoms with van der Waals surface area (Å²) in [4.78, 5) is 53.7. The van der Waals surface area contributed by atoms with Gasteiger partial charge in [-0.1, -0.05) is 56.0 Å². The van der Waals surface area contributed by atoms with Crippen molar-refractivity contribution in [2.45, 2.75) is 62.3 Å². The molecule has 4 rings (SSSR count). The van der Waals surface area contributed by atoms with Gasteiger partial charge < -0.3 is 10.8 Å². The molecule has 4 unspecified atom stereocenters. The van der Waals surface area contributed by atoms with Crippen LogP contribution in [0.1, 0.15) is 56.9 Å². The smallest absolute Gasteiger partial charge is 0.317 e. The average molecular weight is 398 g/mol. The molecule has 1 saturated heterocycles. The number of imide groups is 1. The predicted octanol–water partition coefficient (Wildman–Crippen LogP) is 1.98. The van der Waals surface area contributed by atoms with E-state index in [0.29, 0.717) is 31.2 Å². The molecular formula is C22H26N2O5. The van der Waals surface area contributed by atoms with Gasteiger partial charge in [0.1, 0.15) is 11.0 Å². The molecule has 3 N–H and O–H groups in total. The van der Waals surface area contributed by atoms with Crippen molar-refractivity contribution in [1.29, 1.82) is 0 Å². The third-order valence-corrected chi connectivity index (χ3v) is 7.31. The van der Waals surface area contributed by atoms with Crippen molar-refractivity contribution < 1.29 is 24.3 Å². The van der Waals surface area contributed by atoms with Crippen molar-refractivity contribution >= 4 is 23.7 Å². The maximum Gasteiger partial charge on any atom is 0.317 e. The van der Waals surface area contributed by atoms with Gasteiger partial charge in [0, 0.05) is 0 Å². The van der Waals surface area contributed by atoms with Crippen molar-refractivity contribution in [3.05, 3.63) is 35.9 Å². The molecular weight excluding hydrogens is 372 g/mol. The summed E-state index contributed by atoms with van der Waals surface area (Å²) in [6.07, 6.45) is 4.18. The van der Waals surface area contributed by atoms with E-state index in [0.717, 1.165) is 17.7 Å². The SMILES string of the molecule is NC(=O)C1(N2C(=O)C3CCCCC3C2=O)CCCCC1(C(=O)O)c1ccccc1. The number of carbonyl (C=O) groups is 4. The van der Waals surface area contributed by atoms with Gasteiger partial charge in [0.15, 0.2) is 0 Å². The highest BCUT2D eigenvalue weighted by Gasteiger charge is 2.70. The quantitative estimate of drug-likeness (QED) is 0.752. The molecule has 7 heteroatoms. The van der Waals surface area contributed by atoms with Crippen molar-refractivity contribution in [2.24, 2.45) is 17.6 Å². The Bertz CT molecular complexity index is 845. The lowest BCUT2D eigenvalue weighted by Gasteiger charge is -2.52. The van der Waals surface area contributed by atoms with Crippen molar-refractivity contribution in [3.8, 4) is 0 Å². The molecule has 0 bridgehead atoms. The van der Waals surface area contributed by atoms with E-state index in [2.05, 4.69) is 0 Å². The monoisotopic (exact) mass is 398 g/mol. The number of aliphatic carboxylic acids is 1. The third kappa shape index (κ3) is 2.49. The first-order valence-corrected chi connectivity index (χ1v) is 10.3. The molecule has 0 aromatic heterocycles. The minimum Gasteiger partial charge on any atom is -0.480 e. The first-order valence-electron chi connectivity index (χ1n) is 10.3. The second-order valence-electron chi connectivity index (χ2n) is 8.52. The fourth-order valence-electron chi connectivity index (χ4n) is 5.99. The van der Waals surface area contributed by atoms with Gasteiger partial charge >= 0.3 is 5.97 Å². The number of amides is 3. The number of likely N-dealkylation sites (tertiary alicyclic amines) is 1. The summed E-state index contributed by atoms with van der Waals surface area (Å²) in [6.45, 7) is 0. The Morgan fingerprint density at radius 1 is 0.931 bits per heavy atom. The van der Waals surface area contributed by atoms with Crippen LogP contribution in [0, 0.1) is 11.8 Å². The van der Waals surface area contributed by atoms with Crippen LogP contribution >= 0.6 is 0 Å². The lowest BCUT2D eigenvalue weighted by Crippen LogP contribution is -2.73. The fraction of sp³-hybridized carbons (Fsp3) is 0.545. The van der Waals surface area contributed by atoms with E-state index in [1.807, 2.05) is 0 Å². The topological polar surface area (TPSA) is 118 Å². The number of hydrogen-bond donors (Lipinski definition) is 2. The molecule has 0 radical (unpaired) electrons. The van der Waals surface area contributed by atoms with Gasteiger partial charge in [-0.25, -0.2) is 0 Å². The van der Waals surface area contributed by atoms with Gasteiger partial charge in [-0.2, -0.15) is 0 Å². The van der Waals surface area contributed by atoms with E-state index >= 15 is 0 Å². The van der Waals surface area contributed by atoms with Gasteiger partial charge in [-0.3, -0.25) is 24.1 Å². The Morgan fingerprint density at radius 3 is 2.00 bits per heavy atom. The molecule has 1 heterocycles. The van der Waals surface area contributed by atoms with E-state index in [-0.39, 0.29) is 12.8 Å². The summed E-state index contributed by atoms with van der Waals surface area (Å²) >= 11 is 0. The maximum atomic E-state index is 13.4. The fourth-order valence-corrected chi connectivity index (χ4v) is 5.99. The number of benzene rings is 1. The number of rotatable bonds is 4. The summed E-state index contributed by atoms with van der Waals surface area (Å²) in [7, 11) is 0. The van der Waals surface area contributed by atoms with Gasteiger partial charge in [0.2, 0.25) is 17.7 Å². The van der Waals surface area contributed by atoms with Crippen LogP contribution in [-0.4, -0.2) is 39.2 Å². The minimum atomic E-state index is -1.90. The molecule has 2 saturated carbocycles. The normalized spacial score (nSPS) is 34.7. The maximum absolute atomic E-state index is 13.4. The average Bonchev–Trinajstić information content (AvgIpc) is 2.99. The Kier molecular flexibility index (Phi) is 4.71. The standard InChI is InChI=1S/C22H26N2O5/c23-19(27)22(24-17(25)15-10-4-5-11-16(15)18(24)26)13-7-6-12-21(22,20(28)29)14-8-2-1-3-9-14/h1-3,8-9,15-16H,4-7,10-13H2,(H2,23,27)(H,28,29). The lowest BCUT2D eigenvalue weighted by atomic mass is 9.56. The first-order chi connectivity index (χ1) is 13.9. The third-order valence-electron chi connectivity index (χ3n) is 7.31. The zero-order valence-corrected chi connectivity index (χ0v) is 16.3. The van der Waals surface area contributed by atoms with Gasteiger partial charge in [0.05, 0.1) is 11.8 Å². The highest BCUT2D eigenvalue weighted by Crippen LogP contribution is 2.53. The highest BCUT2D eigenvalue weighted by atomic mass is 16.4. The van der Waals surface area contributed by atoms with E-state index in [9.17, 15) is 24.3 Å². The van der Waals surface area contributed by atoms with Gasteiger partial charge in [0.25, 0.3) is 0 Å². The van der Waals surface area contributed by atoms with Crippen LogP contribution in [0.15, 0.2) is 30.3 Å². The van der Waals surface area contributed by atoms with Crippen molar-refractivity contribution in [2.75, 3.05) is 0 Å². The second-order valence-corrected chi connectivity index (χ2v) is 8.52.